The summed E-state index contributed by atoms with van der Waals surface area (Å²) in [6.07, 6.45) is 0. The zero-order valence-corrected chi connectivity index (χ0v) is 11.5. The molecule has 3 rings (SSSR count). The number of aromatic carboxylic acids is 1. The average molecular weight is 323 g/mol. The fourth-order valence-corrected chi connectivity index (χ4v) is 2.58. The van der Waals surface area contributed by atoms with Gasteiger partial charge in [-0.1, -0.05) is 0 Å². The molecule has 22 heavy (non-hydrogen) atoms. The number of aromatic amines is 1. The van der Waals surface area contributed by atoms with Gasteiger partial charge in [-0.2, -0.15) is 4.68 Å². The quantitative estimate of drug-likeness (QED) is 0.774. The number of carboxylic acids is 1. The Morgan fingerprint density at radius 1 is 1.27 bits per heavy atom. The van der Waals surface area contributed by atoms with Crippen LogP contribution in [0.4, 0.5) is 8.78 Å². The van der Waals surface area contributed by atoms with Crippen molar-refractivity contribution in [3.63, 3.8) is 0 Å². The molecule has 0 saturated heterocycles. The van der Waals surface area contributed by atoms with Crippen LogP contribution in [-0.4, -0.2) is 25.8 Å². The summed E-state index contributed by atoms with van der Waals surface area (Å²) in [6.45, 7) is 0. The van der Waals surface area contributed by atoms with Crippen LogP contribution in [0, 0.1) is 11.6 Å². The number of hydrogen-bond acceptors (Lipinski definition) is 4. The molecular weight excluding hydrogens is 316 g/mol. The number of H-pyrrole nitrogens is 1. The van der Waals surface area contributed by atoms with E-state index in [1.807, 2.05) is 0 Å². The zero-order chi connectivity index (χ0) is 15.9. The van der Waals surface area contributed by atoms with Gasteiger partial charge in [0.05, 0.1) is 5.69 Å². The predicted octanol–water partition coefficient (Wildman–Crippen LogP) is 2.27. The Morgan fingerprint density at radius 2 is 2.05 bits per heavy atom. The minimum atomic E-state index is -1.21. The van der Waals surface area contributed by atoms with Crippen LogP contribution in [0.15, 0.2) is 34.4 Å². The summed E-state index contributed by atoms with van der Waals surface area (Å²) in [4.78, 5) is 26.5. The largest absolute Gasteiger partial charge is 0.476 e. The summed E-state index contributed by atoms with van der Waals surface area (Å²) in [6, 6.07) is 4.41. The number of hydrogen-bond donors (Lipinski definition) is 2. The van der Waals surface area contributed by atoms with Crippen molar-refractivity contribution in [3.8, 4) is 16.4 Å². The molecule has 112 valence electrons. The number of nitrogens with zero attached hydrogens (tertiary/aromatic N) is 2. The van der Waals surface area contributed by atoms with E-state index in [1.165, 1.54) is 17.5 Å². The van der Waals surface area contributed by atoms with Crippen LogP contribution in [0.5, 0.6) is 0 Å². The number of nitrogens with one attached hydrogen (secondary N) is 1. The van der Waals surface area contributed by atoms with Gasteiger partial charge in [0.2, 0.25) is 5.13 Å². The molecule has 2 heterocycles. The van der Waals surface area contributed by atoms with E-state index in [9.17, 15) is 18.4 Å². The maximum Gasteiger partial charge on any atom is 0.355 e. The van der Waals surface area contributed by atoms with Crippen molar-refractivity contribution in [2.24, 2.45) is 0 Å². The lowest BCUT2D eigenvalue weighted by Crippen LogP contribution is -2.13. The second-order valence-corrected chi connectivity index (χ2v) is 5.13. The van der Waals surface area contributed by atoms with Gasteiger partial charge in [-0.3, -0.25) is 9.89 Å². The van der Waals surface area contributed by atoms with Gasteiger partial charge in [-0.15, -0.1) is 11.3 Å². The Hall–Kier alpha value is -2.81. The first-order valence-corrected chi connectivity index (χ1v) is 6.80. The summed E-state index contributed by atoms with van der Waals surface area (Å²) >= 11 is 0.965. The first kappa shape index (κ1) is 14.1. The molecule has 2 N–H and O–H groups in total. The lowest BCUT2D eigenvalue weighted by Gasteiger charge is -1.99. The number of rotatable bonds is 3. The Bertz CT molecular complexity index is 929. The average Bonchev–Trinajstić information content (AvgIpc) is 3.08. The second kappa shape index (κ2) is 5.19. The molecule has 3 aromatic rings. The van der Waals surface area contributed by atoms with Crippen LogP contribution >= 0.6 is 11.3 Å². The van der Waals surface area contributed by atoms with Crippen molar-refractivity contribution in [2.45, 2.75) is 0 Å². The molecule has 0 radical (unpaired) electrons. The van der Waals surface area contributed by atoms with Crippen molar-refractivity contribution >= 4 is 17.3 Å². The van der Waals surface area contributed by atoms with E-state index >= 15 is 0 Å². The highest BCUT2D eigenvalue weighted by Crippen LogP contribution is 2.20. The molecule has 0 amide bonds. The van der Waals surface area contributed by atoms with Crippen LogP contribution in [0.3, 0.4) is 0 Å². The topological polar surface area (TPSA) is 88.0 Å². The molecule has 0 unspecified atom stereocenters. The van der Waals surface area contributed by atoms with E-state index in [-0.39, 0.29) is 22.1 Å². The third-order valence-electron chi connectivity index (χ3n) is 2.85. The maximum absolute atomic E-state index is 13.2. The van der Waals surface area contributed by atoms with Crippen molar-refractivity contribution in [1.29, 1.82) is 0 Å². The molecule has 0 saturated carbocycles. The predicted molar refractivity (Wildman–Crippen MR) is 74.4 cm³/mol. The molecule has 0 bridgehead atoms. The van der Waals surface area contributed by atoms with Gasteiger partial charge in [-0.25, -0.2) is 18.6 Å². The third kappa shape index (κ3) is 2.42. The van der Waals surface area contributed by atoms with Crippen LogP contribution in [-0.2, 0) is 0 Å². The van der Waals surface area contributed by atoms with Crippen molar-refractivity contribution in [2.75, 3.05) is 0 Å². The monoisotopic (exact) mass is 323 g/mol. The highest BCUT2D eigenvalue weighted by atomic mass is 32.1. The maximum atomic E-state index is 13.2. The SMILES string of the molecule is O=C(O)c1csc(-n2[nH]c(-c3ccc(F)c(F)c3)cc2=O)n1. The van der Waals surface area contributed by atoms with E-state index in [0.29, 0.717) is 0 Å². The number of carbonyl (C=O) groups is 1. The van der Waals surface area contributed by atoms with Gasteiger partial charge in [0, 0.05) is 17.0 Å². The summed E-state index contributed by atoms with van der Waals surface area (Å²) < 4.78 is 27.2. The van der Waals surface area contributed by atoms with Crippen molar-refractivity contribution in [3.05, 3.63) is 57.3 Å². The Labute approximate surface area is 125 Å². The van der Waals surface area contributed by atoms with Crippen molar-refractivity contribution in [1.82, 2.24) is 14.8 Å². The summed E-state index contributed by atoms with van der Waals surface area (Å²) in [7, 11) is 0. The minimum absolute atomic E-state index is 0.135. The number of carboxylic acid groups (broad SMARTS) is 1. The lowest BCUT2D eigenvalue weighted by molar-refractivity contribution is 0.0691. The van der Waals surface area contributed by atoms with Crippen LogP contribution in [0.25, 0.3) is 16.4 Å². The smallest absolute Gasteiger partial charge is 0.355 e. The molecule has 0 spiro atoms. The van der Waals surface area contributed by atoms with Gasteiger partial charge in [0.25, 0.3) is 5.56 Å². The van der Waals surface area contributed by atoms with Crippen LogP contribution < -0.4 is 5.56 Å². The number of thiazole rings is 1. The Balaban J connectivity index is 2.04. The fourth-order valence-electron chi connectivity index (χ4n) is 1.81. The third-order valence-corrected chi connectivity index (χ3v) is 3.68. The summed E-state index contributed by atoms with van der Waals surface area (Å²) in [5.41, 5.74) is -0.136. The number of halogens is 2. The molecule has 0 aliphatic rings. The van der Waals surface area contributed by atoms with E-state index in [0.717, 1.165) is 28.2 Å². The number of aromatic nitrogens is 3. The normalized spacial score (nSPS) is 10.8. The van der Waals surface area contributed by atoms with Gasteiger partial charge in [0.1, 0.15) is 0 Å². The van der Waals surface area contributed by atoms with E-state index < -0.39 is 23.2 Å². The van der Waals surface area contributed by atoms with Gasteiger partial charge >= 0.3 is 5.97 Å². The Morgan fingerprint density at radius 3 is 2.68 bits per heavy atom. The van der Waals surface area contributed by atoms with Gasteiger partial charge in [0.15, 0.2) is 17.3 Å². The highest BCUT2D eigenvalue weighted by molar-refractivity contribution is 7.12. The molecule has 0 fully saturated rings. The molecule has 2 aromatic heterocycles. The fraction of sp³-hybridized carbons (Fsp3) is 0. The summed E-state index contributed by atoms with van der Waals surface area (Å²) in [5, 5.41) is 12.9. The summed E-state index contributed by atoms with van der Waals surface area (Å²) in [5.74, 6) is -3.23. The van der Waals surface area contributed by atoms with Crippen LogP contribution in [0.2, 0.25) is 0 Å². The molecule has 0 aliphatic carbocycles. The number of benzene rings is 1. The molecule has 6 nitrogen and oxygen atoms in total. The van der Waals surface area contributed by atoms with E-state index in [1.54, 1.807) is 0 Å². The zero-order valence-electron chi connectivity index (χ0n) is 10.7. The molecule has 0 atom stereocenters. The van der Waals surface area contributed by atoms with E-state index in [2.05, 4.69) is 10.1 Å². The highest BCUT2D eigenvalue weighted by Gasteiger charge is 2.14. The standard InChI is InChI=1S/C13H7F2N3O3S/c14-7-2-1-6(3-8(7)15)9-4-11(19)18(17-9)13-16-10(5-22-13)12(20)21/h1-5,17H,(H,20,21). The minimum Gasteiger partial charge on any atom is -0.476 e. The second-order valence-electron chi connectivity index (χ2n) is 4.29. The van der Waals surface area contributed by atoms with Crippen molar-refractivity contribution < 1.29 is 18.7 Å². The van der Waals surface area contributed by atoms with Gasteiger partial charge in [-0.05, 0) is 18.2 Å². The van der Waals surface area contributed by atoms with E-state index in [4.69, 9.17) is 5.11 Å². The Kier molecular flexibility index (Phi) is 3.33. The van der Waals surface area contributed by atoms with Crippen LogP contribution in [0.1, 0.15) is 10.5 Å². The molecular formula is C13H7F2N3O3S. The molecule has 9 heteroatoms. The molecule has 1 aromatic carbocycles. The molecule has 0 aliphatic heterocycles. The first-order chi connectivity index (χ1) is 10.5. The lowest BCUT2D eigenvalue weighted by atomic mass is 10.1. The van der Waals surface area contributed by atoms with Gasteiger partial charge < -0.3 is 5.11 Å². The first-order valence-electron chi connectivity index (χ1n) is 5.92.